The fourth-order valence-corrected chi connectivity index (χ4v) is 3.61. The van der Waals surface area contributed by atoms with Crippen molar-refractivity contribution in [3.63, 3.8) is 0 Å². The molecular weight excluding hydrogens is 364 g/mol. The number of fused-ring (bicyclic) bond motifs is 1. The van der Waals surface area contributed by atoms with Crippen molar-refractivity contribution in [3.8, 4) is 5.75 Å². The third-order valence-electron chi connectivity index (χ3n) is 4.86. The molecule has 1 aromatic heterocycles. The fraction of sp³-hybridized carbons (Fsp3) is 0.261. The summed E-state index contributed by atoms with van der Waals surface area (Å²) in [7, 11) is 0. The Kier molecular flexibility index (Phi) is 5.42. The Balaban J connectivity index is 1.64. The number of aryl methyl sites for hydroxylation is 2. The van der Waals surface area contributed by atoms with Crippen LogP contribution < -0.4 is 15.0 Å². The number of aromatic nitrogens is 2. The number of para-hydroxylation sites is 3. The van der Waals surface area contributed by atoms with Gasteiger partial charge < -0.3 is 15.0 Å². The van der Waals surface area contributed by atoms with Crippen LogP contribution in [0.25, 0.3) is 0 Å². The lowest BCUT2D eigenvalue weighted by molar-refractivity contribution is 0.0980. The standard InChI is InChI=1S/C23H24N4O2/c1-3-29-21-13-7-5-11-18(21)26-22-15-19(24-16(2)25-22)23(28)27-14-8-10-17-9-4-6-12-20(17)27/h4-7,9,11-13,15H,3,8,10,14H2,1-2H3,(H,24,25,26). The van der Waals surface area contributed by atoms with Crippen LogP contribution in [-0.2, 0) is 6.42 Å². The number of anilines is 3. The zero-order chi connectivity index (χ0) is 20.2. The molecular formula is C23H24N4O2. The summed E-state index contributed by atoms with van der Waals surface area (Å²) in [6, 6.07) is 17.4. The van der Waals surface area contributed by atoms with E-state index in [0.29, 0.717) is 30.5 Å². The van der Waals surface area contributed by atoms with E-state index in [2.05, 4.69) is 21.4 Å². The van der Waals surface area contributed by atoms with Gasteiger partial charge in [-0.25, -0.2) is 9.97 Å². The molecule has 0 atom stereocenters. The molecule has 0 saturated carbocycles. The molecule has 3 aromatic rings. The van der Waals surface area contributed by atoms with Crippen LogP contribution in [0.1, 0.15) is 35.2 Å². The molecule has 29 heavy (non-hydrogen) atoms. The molecule has 0 unspecified atom stereocenters. The van der Waals surface area contributed by atoms with Gasteiger partial charge in [-0.3, -0.25) is 4.79 Å². The fourth-order valence-electron chi connectivity index (χ4n) is 3.61. The molecule has 0 fully saturated rings. The van der Waals surface area contributed by atoms with Gasteiger partial charge in [0, 0.05) is 18.3 Å². The molecule has 2 aromatic carbocycles. The summed E-state index contributed by atoms with van der Waals surface area (Å²) in [4.78, 5) is 24.0. The van der Waals surface area contributed by atoms with Crippen molar-refractivity contribution in [3.05, 3.63) is 71.7 Å². The van der Waals surface area contributed by atoms with E-state index in [1.807, 2.05) is 54.3 Å². The Morgan fingerprint density at radius 1 is 1.14 bits per heavy atom. The molecule has 6 heteroatoms. The lowest BCUT2D eigenvalue weighted by Gasteiger charge is -2.29. The summed E-state index contributed by atoms with van der Waals surface area (Å²) in [5, 5.41) is 3.27. The lowest BCUT2D eigenvalue weighted by Crippen LogP contribution is -2.36. The number of nitrogens with one attached hydrogen (secondary N) is 1. The maximum absolute atomic E-state index is 13.3. The van der Waals surface area contributed by atoms with Crippen molar-refractivity contribution in [2.75, 3.05) is 23.4 Å². The first kappa shape index (κ1) is 18.9. The van der Waals surface area contributed by atoms with Crippen LogP contribution in [-0.4, -0.2) is 29.0 Å². The first-order valence-electron chi connectivity index (χ1n) is 9.90. The summed E-state index contributed by atoms with van der Waals surface area (Å²) < 4.78 is 5.67. The molecule has 6 nitrogen and oxygen atoms in total. The molecule has 0 bridgehead atoms. The van der Waals surface area contributed by atoms with Gasteiger partial charge in [-0.1, -0.05) is 30.3 Å². The van der Waals surface area contributed by atoms with Gasteiger partial charge in [0.15, 0.2) is 0 Å². The minimum Gasteiger partial charge on any atom is -0.492 e. The van der Waals surface area contributed by atoms with Crippen LogP contribution in [0.3, 0.4) is 0 Å². The maximum Gasteiger partial charge on any atom is 0.277 e. The molecule has 1 aliphatic rings. The quantitative estimate of drug-likeness (QED) is 0.696. The first-order chi connectivity index (χ1) is 14.2. The number of amides is 1. The third kappa shape index (κ3) is 4.06. The number of nitrogens with zero attached hydrogens (tertiary/aromatic N) is 3. The highest BCUT2D eigenvalue weighted by molar-refractivity contribution is 6.05. The van der Waals surface area contributed by atoms with E-state index in [9.17, 15) is 4.79 Å². The molecule has 1 amide bonds. The molecule has 0 radical (unpaired) electrons. The third-order valence-corrected chi connectivity index (χ3v) is 4.86. The van der Waals surface area contributed by atoms with E-state index in [4.69, 9.17) is 4.74 Å². The van der Waals surface area contributed by atoms with Crippen molar-refractivity contribution >= 4 is 23.1 Å². The minimum absolute atomic E-state index is 0.108. The molecule has 2 heterocycles. The summed E-state index contributed by atoms with van der Waals surface area (Å²) in [5.74, 6) is 1.74. The summed E-state index contributed by atoms with van der Waals surface area (Å²) in [6.07, 6.45) is 1.93. The van der Waals surface area contributed by atoms with E-state index in [-0.39, 0.29) is 5.91 Å². The van der Waals surface area contributed by atoms with Gasteiger partial charge >= 0.3 is 0 Å². The molecule has 0 spiro atoms. The average molecular weight is 388 g/mol. The monoisotopic (exact) mass is 388 g/mol. The zero-order valence-corrected chi connectivity index (χ0v) is 16.7. The molecule has 1 aliphatic heterocycles. The molecule has 4 rings (SSSR count). The highest BCUT2D eigenvalue weighted by atomic mass is 16.5. The van der Waals surface area contributed by atoms with Gasteiger partial charge in [-0.15, -0.1) is 0 Å². The Labute approximate surface area is 170 Å². The Hall–Kier alpha value is -3.41. The Morgan fingerprint density at radius 2 is 1.93 bits per heavy atom. The SMILES string of the molecule is CCOc1ccccc1Nc1cc(C(=O)N2CCCc3ccccc32)nc(C)n1. The molecule has 1 N–H and O–H groups in total. The van der Waals surface area contributed by atoms with Crippen molar-refractivity contribution < 1.29 is 9.53 Å². The largest absolute Gasteiger partial charge is 0.492 e. The Morgan fingerprint density at radius 3 is 2.79 bits per heavy atom. The van der Waals surface area contributed by atoms with Crippen molar-refractivity contribution in [2.24, 2.45) is 0 Å². The number of ether oxygens (including phenoxy) is 1. The van der Waals surface area contributed by atoms with Gasteiger partial charge in [0.25, 0.3) is 5.91 Å². The van der Waals surface area contributed by atoms with Gasteiger partial charge in [0.1, 0.15) is 23.1 Å². The van der Waals surface area contributed by atoms with Crippen LogP contribution in [0.15, 0.2) is 54.6 Å². The van der Waals surface area contributed by atoms with Crippen LogP contribution in [0, 0.1) is 6.92 Å². The van der Waals surface area contributed by atoms with E-state index < -0.39 is 0 Å². The van der Waals surface area contributed by atoms with Crippen LogP contribution >= 0.6 is 0 Å². The number of rotatable bonds is 5. The van der Waals surface area contributed by atoms with Crippen molar-refractivity contribution in [1.82, 2.24) is 9.97 Å². The van der Waals surface area contributed by atoms with Gasteiger partial charge in [0.05, 0.1) is 12.3 Å². The number of hydrogen-bond donors (Lipinski definition) is 1. The number of carbonyl (C=O) groups is 1. The molecule has 0 aliphatic carbocycles. The van der Waals surface area contributed by atoms with Crippen molar-refractivity contribution in [1.29, 1.82) is 0 Å². The predicted molar refractivity (Wildman–Crippen MR) is 114 cm³/mol. The predicted octanol–water partition coefficient (Wildman–Crippen LogP) is 4.52. The van der Waals surface area contributed by atoms with E-state index in [1.54, 1.807) is 13.0 Å². The minimum atomic E-state index is -0.108. The van der Waals surface area contributed by atoms with E-state index >= 15 is 0 Å². The lowest BCUT2D eigenvalue weighted by atomic mass is 10.0. The normalized spacial score (nSPS) is 13.0. The second kappa shape index (κ2) is 8.31. The molecule has 148 valence electrons. The summed E-state index contributed by atoms with van der Waals surface area (Å²) in [6.45, 7) is 4.99. The Bertz CT molecular complexity index is 1030. The van der Waals surface area contributed by atoms with Gasteiger partial charge in [-0.05, 0) is 50.5 Å². The highest BCUT2D eigenvalue weighted by Gasteiger charge is 2.25. The maximum atomic E-state index is 13.3. The second-order valence-electron chi connectivity index (χ2n) is 6.93. The van der Waals surface area contributed by atoms with Gasteiger partial charge in [-0.2, -0.15) is 0 Å². The highest BCUT2D eigenvalue weighted by Crippen LogP contribution is 2.29. The molecule has 0 saturated heterocycles. The average Bonchev–Trinajstić information content (AvgIpc) is 2.74. The second-order valence-corrected chi connectivity index (χ2v) is 6.93. The first-order valence-corrected chi connectivity index (χ1v) is 9.90. The smallest absolute Gasteiger partial charge is 0.277 e. The zero-order valence-electron chi connectivity index (χ0n) is 16.7. The topological polar surface area (TPSA) is 67.3 Å². The summed E-state index contributed by atoms with van der Waals surface area (Å²) in [5.41, 5.74) is 3.35. The van der Waals surface area contributed by atoms with E-state index in [0.717, 1.165) is 30.0 Å². The van der Waals surface area contributed by atoms with Gasteiger partial charge in [0.2, 0.25) is 0 Å². The number of carbonyl (C=O) groups excluding carboxylic acids is 1. The van der Waals surface area contributed by atoms with E-state index in [1.165, 1.54) is 5.56 Å². The van der Waals surface area contributed by atoms with Crippen molar-refractivity contribution in [2.45, 2.75) is 26.7 Å². The van der Waals surface area contributed by atoms with Crippen LogP contribution in [0.5, 0.6) is 5.75 Å². The van der Waals surface area contributed by atoms with Crippen LogP contribution in [0.2, 0.25) is 0 Å². The van der Waals surface area contributed by atoms with Crippen LogP contribution in [0.4, 0.5) is 17.2 Å². The number of benzene rings is 2. The summed E-state index contributed by atoms with van der Waals surface area (Å²) >= 11 is 0. The number of hydrogen-bond acceptors (Lipinski definition) is 5.